The Morgan fingerprint density at radius 1 is 1.43 bits per heavy atom. The number of benzene rings is 1. The van der Waals surface area contributed by atoms with Crippen molar-refractivity contribution in [2.24, 2.45) is 0 Å². The molecule has 5 nitrogen and oxygen atoms in total. The Kier molecular flexibility index (Phi) is 3.84. The zero-order valence-corrected chi connectivity index (χ0v) is 12.2. The van der Waals surface area contributed by atoms with Crippen molar-refractivity contribution in [3.05, 3.63) is 30.5 Å². The number of methoxy groups -OCH3 is 1. The summed E-state index contributed by atoms with van der Waals surface area (Å²) in [4.78, 5) is 14.2. The Hall–Kier alpha value is -2.01. The van der Waals surface area contributed by atoms with Crippen LogP contribution in [0.5, 0.6) is 5.75 Å². The largest absolute Gasteiger partial charge is 0.497 e. The average molecular weight is 288 g/mol. The molecule has 1 aliphatic rings. The molecule has 0 unspecified atom stereocenters. The topological polar surface area (TPSA) is 54.7 Å². The first-order valence-electron chi connectivity index (χ1n) is 7.26. The van der Waals surface area contributed by atoms with Crippen molar-refractivity contribution in [1.29, 1.82) is 0 Å². The summed E-state index contributed by atoms with van der Waals surface area (Å²) < 4.78 is 7.16. The van der Waals surface area contributed by atoms with Crippen molar-refractivity contribution in [1.82, 2.24) is 9.47 Å². The van der Waals surface area contributed by atoms with E-state index in [1.165, 1.54) is 0 Å². The van der Waals surface area contributed by atoms with Crippen LogP contribution in [0.25, 0.3) is 10.9 Å². The van der Waals surface area contributed by atoms with E-state index in [1.807, 2.05) is 35.0 Å². The summed E-state index contributed by atoms with van der Waals surface area (Å²) >= 11 is 0. The second-order valence-corrected chi connectivity index (χ2v) is 5.41. The highest BCUT2D eigenvalue weighted by atomic mass is 16.5. The van der Waals surface area contributed by atoms with Gasteiger partial charge >= 0.3 is 0 Å². The number of nitrogens with zero attached hydrogens (tertiary/aromatic N) is 2. The second kappa shape index (κ2) is 5.77. The molecule has 0 aliphatic heterocycles. The Labute approximate surface area is 123 Å². The van der Waals surface area contributed by atoms with Crippen molar-refractivity contribution < 1.29 is 14.6 Å². The van der Waals surface area contributed by atoms with Gasteiger partial charge in [-0.1, -0.05) is 0 Å². The van der Waals surface area contributed by atoms with Gasteiger partial charge in [0.25, 0.3) is 0 Å². The number of ether oxygens (including phenoxy) is 1. The molecule has 1 heterocycles. The Morgan fingerprint density at radius 2 is 2.24 bits per heavy atom. The summed E-state index contributed by atoms with van der Waals surface area (Å²) in [6.07, 6.45) is 4.02. The van der Waals surface area contributed by atoms with E-state index < -0.39 is 0 Å². The number of hydrogen-bond donors (Lipinski definition) is 1. The van der Waals surface area contributed by atoms with Crippen molar-refractivity contribution in [3.63, 3.8) is 0 Å². The third kappa shape index (κ3) is 2.88. The first-order valence-corrected chi connectivity index (χ1v) is 7.26. The highest BCUT2D eigenvalue weighted by Crippen LogP contribution is 2.27. The number of fused-ring (bicyclic) bond motifs is 1. The van der Waals surface area contributed by atoms with Crippen LogP contribution in [0.1, 0.15) is 12.8 Å². The van der Waals surface area contributed by atoms with Gasteiger partial charge in [0.15, 0.2) is 0 Å². The summed E-state index contributed by atoms with van der Waals surface area (Å²) in [6, 6.07) is 8.14. The van der Waals surface area contributed by atoms with E-state index in [4.69, 9.17) is 9.84 Å². The van der Waals surface area contributed by atoms with Gasteiger partial charge in [0.2, 0.25) is 5.91 Å². The molecule has 1 fully saturated rings. The number of aliphatic hydroxyl groups is 1. The van der Waals surface area contributed by atoms with Crippen molar-refractivity contribution >= 4 is 16.8 Å². The summed E-state index contributed by atoms with van der Waals surface area (Å²) in [5, 5.41) is 10.2. The fourth-order valence-corrected chi connectivity index (χ4v) is 2.68. The van der Waals surface area contributed by atoms with Crippen LogP contribution in [0.4, 0.5) is 0 Å². The van der Waals surface area contributed by atoms with Gasteiger partial charge in [-0.15, -0.1) is 0 Å². The molecule has 1 saturated carbocycles. The highest BCUT2D eigenvalue weighted by molar-refractivity contribution is 5.84. The van der Waals surface area contributed by atoms with Crippen molar-refractivity contribution in [3.8, 4) is 5.75 Å². The zero-order chi connectivity index (χ0) is 14.8. The van der Waals surface area contributed by atoms with Crippen LogP contribution in [0.15, 0.2) is 30.5 Å². The lowest BCUT2D eigenvalue weighted by molar-refractivity contribution is -0.132. The normalized spacial score (nSPS) is 14.4. The van der Waals surface area contributed by atoms with E-state index in [0.29, 0.717) is 19.1 Å². The Bertz CT molecular complexity index is 646. The minimum absolute atomic E-state index is 0.0197. The first-order chi connectivity index (χ1) is 10.2. The Balaban J connectivity index is 1.79. The predicted molar refractivity (Wildman–Crippen MR) is 80.3 cm³/mol. The van der Waals surface area contributed by atoms with E-state index in [1.54, 1.807) is 12.0 Å². The van der Waals surface area contributed by atoms with E-state index in [-0.39, 0.29) is 12.5 Å². The molecule has 2 aromatic rings. The second-order valence-electron chi connectivity index (χ2n) is 5.41. The molecule has 0 atom stereocenters. The predicted octanol–water partition coefficient (Wildman–Crippen LogP) is 1.63. The van der Waals surface area contributed by atoms with Crippen LogP contribution < -0.4 is 4.74 Å². The summed E-state index contributed by atoms with van der Waals surface area (Å²) in [7, 11) is 1.64. The third-order valence-corrected chi connectivity index (χ3v) is 3.93. The van der Waals surface area contributed by atoms with Crippen molar-refractivity contribution in [2.45, 2.75) is 25.4 Å². The quantitative estimate of drug-likeness (QED) is 0.879. The van der Waals surface area contributed by atoms with Crippen LogP contribution in [-0.2, 0) is 11.3 Å². The van der Waals surface area contributed by atoms with Gasteiger partial charge in [0.1, 0.15) is 12.3 Å². The molecule has 1 amide bonds. The minimum atomic E-state index is 0.0197. The van der Waals surface area contributed by atoms with Gasteiger partial charge in [-0.3, -0.25) is 4.79 Å². The van der Waals surface area contributed by atoms with Crippen LogP contribution >= 0.6 is 0 Å². The molecule has 1 aromatic carbocycles. The molecule has 0 spiro atoms. The SMILES string of the molecule is COc1ccc2c(ccn2CC(=O)N(CCO)C2CC2)c1. The average Bonchev–Trinajstić information content (AvgIpc) is 3.26. The number of aromatic nitrogens is 1. The van der Waals surface area contributed by atoms with E-state index in [2.05, 4.69) is 0 Å². The van der Waals surface area contributed by atoms with Crippen LogP contribution in [0, 0.1) is 0 Å². The van der Waals surface area contributed by atoms with Gasteiger partial charge in [-0.25, -0.2) is 0 Å². The molecule has 1 aromatic heterocycles. The summed E-state index contributed by atoms with van der Waals surface area (Å²) in [6.45, 7) is 0.759. The molecule has 21 heavy (non-hydrogen) atoms. The van der Waals surface area contributed by atoms with Crippen molar-refractivity contribution in [2.75, 3.05) is 20.3 Å². The van der Waals surface area contributed by atoms with Crippen LogP contribution in [0.3, 0.4) is 0 Å². The van der Waals surface area contributed by atoms with Gasteiger partial charge in [-0.05, 0) is 37.1 Å². The number of rotatable bonds is 6. The number of carbonyl (C=O) groups is 1. The smallest absolute Gasteiger partial charge is 0.242 e. The summed E-state index contributed by atoms with van der Waals surface area (Å²) in [5.41, 5.74) is 1.02. The highest BCUT2D eigenvalue weighted by Gasteiger charge is 2.32. The van der Waals surface area contributed by atoms with E-state index in [9.17, 15) is 4.79 Å². The zero-order valence-electron chi connectivity index (χ0n) is 12.2. The fraction of sp³-hybridized carbons (Fsp3) is 0.438. The van der Waals surface area contributed by atoms with Gasteiger partial charge < -0.3 is 19.3 Å². The number of carbonyl (C=O) groups excluding carboxylic acids is 1. The minimum Gasteiger partial charge on any atom is -0.497 e. The van der Waals surface area contributed by atoms with E-state index >= 15 is 0 Å². The lowest BCUT2D eigenvalue weighted by Gasteiger charge is -2.21. The monoisotopic (exact) mass is 288 g/mol. The standard InChI is InChI=1S/C16H20N2O3/c1-21-14-4-5-15-12(10-14)6-7-17(15)11-16(20)18(8-9-19)13-2-3-13/h4-7,10,13,19H,2-3,8-9,11H2,1H3. The van der Waals surface area contributed by atoms with Crippen LogP contribution in [-0.4, -0.2) is 46.8 Å². The lowest BCUT2D eigenvalue weighted by atomic mass is 10.2. The van der Waals surface area contributed by atoms with E-state index in [0.717, 1.165) is 29.5 Å². The summed E-state index contributed by atoms with van der Waals surface area (Å²) in [5.74, 6) is 0.881. The number of aliphatic hydroxyl groups excluding tert-OH is 1. The Morgan fingerprint density at radius 3 is 2.90 bits per heavy atom. The maximum absolute atomic E-state index is 12.4. The maximum atomic E-state index is 12.4. The molecule has 112 valence electrons. The first kappa shape index (κ1) is 13.9. The van der Waals surface area contributed by atoms with Gasteiger partial charge in [0, 0.05) is 29.7 Å². The molecular weight excluding hydrogens is 268 g/mol. The lowest BCUT2D eigenvalue weighted by Crippen LogP contribution is -2.37. The molecule has 1 N–H and O–H groups in total. The molecule has 1 aliphatic carbocycles. The molecule has 0 radical (unpaired) electrons. The van der Waals surface area contributed by atoms with Crippen LogP contribution in [0.2, 0.25) is 0 Å². The fourth-order valence-electron chi connectivity index (χ4n) is 2.68. The molecular formula is C16H20N2O3. The molecule has 3 rings (SSSR count). The van der Waals surface area contributed by atoms with Gasteiger partial charge in [0.05, 0.1) is 13.7 Å². The molecule has 5 heteroatoms. The number of hydrogen-bond acceptors (Lipinski definition) is 3. The third-order valence-electron chi connectivity index (χ3n) is 3.93. The molecule has 0 saturated heterocycles. The number of amides is 1. The van der Waals surface area contributed by atoms with Gasteiger partial charge in [-0.2, -0.15) is 0 Å². The molecule has 0 bridgehead atoms. The maximum Gasteiger partial charge on any atom is 0.242 e.